The Balaban J connectivity index is 1.90. The Morgan fingerprint density at radius 2 is 2.16 bits per heavy atom. The van der Waals surface area contributed by atoms with Crippen LogP contribution in [-0.2, 0) is 13.7 Å². The molecule has 1 aromatic carbocycles. The summed E-state index contributed by atoms with van der Waals surface area (Å²) in [4.78, 5) is 4.04. The lowest BCUT2D eigenvalue weighted by molar-refractivity contribution is 0.296. The number of hydrogen-bond donors (Lipinski definition) is 0. The number of pyridine rings is 1. The molecule has 2 heterocycles. The monoisotopic (exact) mass is 316 g/mol. The Morgan fingerprint density at radius 3 is 2.89 bits per heavy atom. The van der Waals surface area contributed by atoms with Crippen LogP contribution in [0.25, 0.3) is 10.9 Å². The first-order valence-corrected chi connectivity index (χ1v) is 6.80. The highest BCUT2D eigenvalue weighted by Gasteiger charge is 2.08. The third kappa shape index (κ3) is 2.36. The molecular formula is C15H13BrN2O. The lowest BCUT2D eigenvalue weighted by Crippen LogP contribution is -2.02. The molecule has 4 heteroatoms. The zero-order valence-electron chi connectivity index (χ0n) is 10.5. The maximum absolute atomic E-state index is 5.74. The molecule has 0 bridgehead atoms. The van der Waals surface area contributed by atoms with Gasteiger partial charge in [-0.05, 0) is 40.2 Å². The maximum Gasteiger partial charge on any atom is 0.138 e. The third-order valence-electron chi connectivity index (χ3n) is 3.13. The van der Waals surface area contributed by atoms with Gasteiger partial charge in [0.1, 0.15) is 12.4 Å². The van der Waals surface area contributed by atoms with Crippen LogP contribution in [0.4, 0.5) is 0 Å². The Hall–Kier alpha value is -1.81. The summed E-state index contributed by atoms with van der Waals surface area (Å²) in [6.07, 6.45) is 3.46. The Labute approximate surface area is 120 Å². The highest BCUT2D eigenvalue weighted by molar-refractivity contribution is 9.10. The van der Waals surface area contributed by atoms with Crippen molar-refractivity contribution in [1.82, 2.24) is 9.55 Å². The number of para-hydroxylation sites is 1. The zero-order chi connectivity index (χ0) is 13.2. The van der Waals surface area contributed by atoms with Gasteiger partial charge < -0.3 is 9.30 Å². The van der Waals surface area contributed by atoms with E-state index in [1.165, 1.54) is 10.9 Å². The van der Waals surface area contributed by atoms with Crippen molar-refractivity contribution < 1.29 is 4.74 Å². The van der Waals surface area contributed by atoms with Crippen molar-refractivity contribution in [2.24, 2.45) is 7.05 Å². The topological polar surface area (TPSA) is 27.1 Å². The first-order chi connectivity index (χ1) is 9.25. The number of aromatic nitrogens is 2. The van der Waals surface area contributed by atoms with E-state index in [4.69, 9.17) is 4.74 Å². The van der Waals surface area contributed by atoms with Crippen LogP contribution in [0.2, 0.25) is 0 Å². The molecule has 96 valence electrons. The van der Waals surface area contributed by atoms with Gasteiger partial charge >= 0.3 is 0 Å². The van der Waals surface area contributed by atoms with Crippen molar-refractivity contribution in [3.05, 3.63) is 59.0 Å². The molecule has 0 N–H and O–H groups in total. The zero-order valence-corrected chi connectivity index (χ0v) is 12.1. The molecule has 0 spiro atoms. The maximum atomic E-state index is 5.74. The highest BCUT2D eigenvalue weighted by Crippen LogP contribution is 2.27. The van der Waals surface area contributed by atoms with Crippen molar-refractivity contribution in [3.8, 4) is 5.75 Å². The fourth-order valence-corrected chi connectivity index (χ4v) is 2.80. The van der Waals surface area contributed by atoms with Crippen LogP contribution in [-0.4, -0.2) is 9.55 Å². The SMILES string of the molecule is Cn1c(COc2cccnc2)cc2cccc(Br)c21. The standard InChI is InChI=1S/C15H13BrN2O/c1-18-12(10-19-13-5-3-7-17-9-13)8-11-4-2-6-14(16)15(11)18/h2-9H,10H2,1H3. The van der Waals surface area contributed by atoms with E-state index in [1.807, 2.05) is 24.3 Å². The van der Waals surface area contributed by atoms with Gasteiger partial charge in [0.05, 0.1) is 17.4 Å². The van der Waals surface area contributed by atoms with Gasteiger partial charge in [0.25, 0.3) is 0 Å². The summed E-state index contributed by atoms with van der Waals surface area (Å²) in [7, 11) is 2.05. The average molecular weight is 317 g/mol. The molecular weight excluding hydrogens is 304 g/mol. The predicted molar refractivity (Wildman–Crippen MR) is 79.2 cm³/mol. The number of rotatable bonds is 3. The van der Waals surface area contributed by atoms with Gasteiger partial charge in [-0.2, -0.15) is 0 Å². The van der Waals surface area contributed by atoms with E-state index in [1.54, 1.807) is 12.4 Å². The van der Waals surface area contributed by atoms with Crippen LogP contribution >= 0.6 is 15.9 Å². The van der Waals surface area contributed by atoms with Gasteiger partial charge in [0, 0.05) is 23.1 Å². The van der Waals surface area contributed by atoms with Gasteiger partial charge in [-0.25, -0.2) is 0 Å². The third-order valence-corrected chi connectivity index (χ3v) is 3.77. The molecule has 0 saturated carbocycles. The minimum absolute atomic E-state index is 0.531. The Morgan fingerprint density at radius 1 is 1.26 bits per heavy atom. The van der Waals surface area contributed by atoms with Gasteiger partial charge in [-0.3, -0.25) is 4.98 Å². The van der Waals surface area contributed by atoms with Crippen molar-refractivity contribution in [1.29, 1.82) is 0 Å². The second-order valence-corrected chi connectivity index (χ2v) is 5.20. The lowest BCUT2D eigenvalue weighted by atomic mass is 10.2. The number of fused-ring (bicyclic) bond motifs is 1. The van der Waals surface area contributed by atoms with Crippen LogP contribution in [0.5, 0.6) is 5.75 Å². The van der Waals surface area contributed by atoms with Crippen molar-refractivity contribution in [2.75, 3.05) is 0 Å². The number of hydrogen-bond acceptors (Lipinski definition) is 2. The number of aryl methyl sites for hydroxylation is 1. The molecule has 0 atom stereocenters. The number of halogens is 1. The summed E-state index contributed by atoms with van der Waals surface area (Å²) >= 11 is 3.59. The Bertz CT molecular complexity index is 707. The van der Waals surface area contributed by atoms with Crippen molar-refractivity contribution in [2.45, 2.75) is 6.61 Å². The van der Waals surface area contributed by atoms with Gasteiger partial charge in [-0.1, -0.05) is 12.1 Å². The molecule has 19 heavy (non-hydrogen) atoms. The smallest absolute Gasteiger partial charge is 0.138 e. The molecule has 3 nitrogen and oxygen atoms in total. The summed E-state index contributed by atoms with van der Waals surface area (Å²) in [6.45, 7) is 0.531. The molecule has 0 aliphatic heterocycles. The minimum Gasteiger partial charge on any atom is -0.486 e. The van der Waals surface area contributed by atoms with Crippen LogP contribution < -0.4 is 4.74 Å². The van der Waals surface area contributed by atoms with E-state index in [-0.39, 0.29) is 0 Å². The van der Waals surface area contributed by atoms with E-state index in [2.05, 4.69) is 44.7 Å². The van der Waals surface area contributed by atoms with Crippen molar-refractivity contribution in [3.63, 3.8) is 0 Å². The summed E-state index contributed by atoms with van der Waals surface area (Å²) in [5.41, 5.74) is 2.32. The van der Waals surface area contributed by atoms with Gasteiger partial charge in [-0.15, -0.1) is 0 Å². The lowest BCUT2D eigenvalue weighted by Gasteiger charge is -2.07. The molecule has 0 unspecified atom stereocenters. The molecule has 3 rings (SSSR count). The fourth-order valence-electron chi connectivity index (χ4n) is 2.15. The van der Waals surface area contributed by atoms with E-state index in [9.17, 15) is 0 Å². The van der Waals surface area contributed by atoms with E-state index in [0.29, 0.717) is 6.61 Å². The second-order valence-electron chi connectivity index (χ2n) is 4.35. The van der Waals surface area contributed by atoms with Crippen molar-refractivity contribution >= 4 is 26.8 Å². The van der Waals surface area contributed by atoms with Crippen LogP contribution in [0.15, 0.2) is 53.3 Å². The first kappa shape index (κ1) is 12.2. The summed E-state index contributed by atoms with van der Waals surface area (Å²) < 4.78 is 8.99. The normalized spacial score (nSPS) is 10.8. The number of nitrogens with zero attached hydrogens (tertiary/aromatic N) is 2. The van der Waals surface area contributed by atoms with Crippen LogP contribution in [0.3, 0.4) is 0 Å². The predicted octanol–water partition coefficient (Wildman–Crippen LogP) is 3.91. The molecule has 0 aliphatic carbocycles. The molecule has 0 fully saturated rings. The number of ether oxygens (including phenoxy) is 1. The van der Waals surface area contributed by atoms with E-state index in [0.717, 1.165) is 15.9 Å². The van der Waals surface area contributed by atoms with E-state index < -0.39 is 0 Å². The summed E-state index contributed by atoms with van der Waals surface area (Å²) in [5, 5.41) is 1.21. The molecule has 0 radical (unpaired) electrons. The fraction of sp³-hybridized carbons (Fsp3) is 0.133. The number of benzene rings is 1. The van der Waals surface area contributed by atoms with Gasteiger partial charge in [0.15, 0.2) is 0 Å². The Kier molecular flexibility index (Phi) is 3.25. The minimum atomic E-state index is 0.531. The quantitative estimate of drug-likeness (QED) is 0.732. The molecule has 0 amide bonds. The molecule has 0 saturated heterocycles. The largest absolute Gasteiger partial charge is 0.486 e. The van der Waals surface area contributed by atoms with Crippen LogP contribution in [0, 0.1) is 0 Å². The van der Waals surface area contributed by atoms with Crippen LogP contribution in [0.1, 0.15) is 5.69 Å². The molecule has 3 aromatic rings. The molecule has 0 aliphatic rings. The molecule has 2 aromatic heterocycles. The average Bonchev–Trinajstić information content (AvgIpc) is 2.76. The summed E-state index contributed by atoms with van der Waals surface area (Å²) in [6, 6.07) is 12.1. The first-order valence-electron chi connectivity index (χ1n) is 6.01. The summed E-state index contributed by atoms with van der Waals surface area (Å²) in [5.74, 6) is 0.784. The van der Waals surface area contributed by atoms with Gasteiger partial charge in [0.2, 0.25) is 0 Å². The second kappa shape index (κ2) is 5.05. The van der Waals surface area contributed by atoms with E-state index >= 15 is 0 Å². The highest BCUT2D eigenvalue weighted by atomic mass is 79.9.